The van der Waals surface area contributed by atoms with E-state index in [2.05, 4.69) is 30.5 Å². The number of carbonyl (C=O) groups excluding carboxylic acids is 1. The van der Waals surface area contributed by atoms with Gasteiger partial charge in [0.25, 0.3) is 0 Å². The van der Waals surface area contributed by atoms with Crippen LogP contribution in [0.1, 0.15) is 24.3 Å². The number of carbonyl (C=O) groups is 1. The van der Waals surface area contributed by atoms with Gasteiger partial charge in [0.05, 0.1) is 5.75 Å². The number of hydrogen-bond acceptors (Lipinski definition) is 4. The van der Waals surface area contributed by atoms with Gasteiger partial charge in [0, 0.05) is 24.7 Å². The fraction of sp³-hybridized carbons (Fsp3) is 0.533. The molecule has 1 aromatic rings. The first kappa shape index (κ1) is 15.7. The number of benzene rings is 1. The van der Waals surface area contributed by atoms with Crippen LogP contribution in [0.4, 0.5) is 0 Å². The summed E-state index contributed by atoms with van der Waals surface area (Å²) >= 11 is 3.45. The van der Waals surface area contributed by atoms with Crippen LogP contribution in [0.25, 0.3) is 0 Å². The number of ether oxygens (including phenoxy) is 1. The summed E-state index contributed by atoms with van der Waals surface area (Å²) in [4.78, 5) is 15.2. The molecule has 1 aliphatic heterocycles. The van der Waals surface area contributed by atoms with Crippen LogP contribution in [0, 0.1) is 0 Å². The minimum Gasteiger partial charge on any atom is -0.382 e. The van der Waals surface area contributed by atoms with Crippen molar-refractivity contribution in [3.63, 3.8) is 0 Å². The number of thioether (sulfide) groups is 2. The third-order valence-corrected chi connectivity index (χ3v) is 5.26. The molecular formula is C15H21NO2S2. The Labute approximate surface area is 129 Å². The molecule has 1 atom stereocenters. The molecule has 1 aliphatic rings. The highest BCUT2D eigenvalue weighted by Gasteiger charge is 2.32. The lowest BCUT2D eigenvalue weighted by Crippen LogP contribution is -2.29. The molecule has 1 fully saturated rings. The van der Waals surface area contributed by atoms with Crippen LogP contribution in [0.3, 0.4) is 0 Å². The van der Waals surface area contributed by atoms with E-state index in [0.29, 0.717) is 5.75 Å². The molecule has 1 amide bonds. The van der Waals surface area contributed by atoms with Gasteiger partial charge in [-0.3, -0.25) is 4.79 Å². The van der Waals surface area contributed by atoms with Crippen molar-refractivity contribution in [2.75, 3.05) is 31.8 Å². The summed E-state index contributed by atoms with van der Waals surface area (Å²) in [7, 11) is 0. The van der Waals surface area contributed by atoms with Crippen LogP contribution in [-0.4, -0.2) is 42.6 Å². The molecule has 20 heavy (non-hydrogen) atoms. The topological polar surface area (TPSA) is 29.5 Å². The first-order valence-electron chi connectivity index (χ1n) is 6.89. The van der Waals surface area contributed by atoms with Crippen molar-refractivity contribution in [2.45, 2.75) is 23.6 Å². The van der Waals surface area contributed by atoms with Gasteiger partial charge < -0.3 is 9.64 Å². The molecular weight excluding hydrogens is 290 g/mol. The van der Waals surface area contributed by atoms with Gasteiger partial charge in [0.2, 0.25) is 5.91 Å². The van der Waals surface area contributed by atoms with Crippen LogP contribution in [0.2, 0.25) is 0 Å². The van der Waals surface area contributed by atoms with Gasteiger partial charge in [-0.15, -0.1) is 23.5 Å². The predicted molar refractivity (Wildman–Crippen MR) is 86.2 cm³/mol. The lowest BCUT2D eigenvalue weighted by Gasteiger charge is -2.24. The quantitative estimate of drug-likeness (QED) is 0.570. The molecule has 0 N–H and O–H groups in total. The van der Waals surface area contributed by atoms with Gasteiger partial charge in [-0.1, -0.05) is 12.1 Å². The smallest absolute Gasteiger partial charge is 0.233 e. The van der Waals surface area contributed by atoms with Gasteiger partial charge in [0.1, 0.15) is 5.37 Å². The minimum absolute atomic E-state index is 0.167. The van der Waals surface area contributed by atoms with Crippen molar-refractivity contribution in [2.24, 2.45) is 0 Å². The molecule has 110 valence electrons. The SMILES string of the molecule is CCOCCCN1C(=O)CSC1c1ccc(SC)cc1. The molecule has 0 spiro atoms. The summed E-state index contributed by atoms with van der Waals surface area (Å²) in [6.07, 6.45) is 2.97. The second-order valence-corrected chi connectivity index (χ2v) is 6.52. The van der Waals surface area contributed by atoms with E-state index < -0.39 is 0 Å². The van der Waals surface area contributed by atoms with E-state index in [0.717, 1.165) is 26.2 Å². The molecule has 0 aromatic heterocycles. The highest BCUT2D eigenvalue weighted by Crippen LogP contribution is 2.38. The van der Waals surface area contributed by atoms with E-state index in [1.54, 1.807) is 23.5 Å². The van der Waals surface area contributed by atoms with Crippen molar-refractivity contribution < 1.29 is 9.53 Å². The van der Waals surface area contributed by atoms with Gasteiger partial charge in [-0.05, 0) is 37.3 Å². The first-order valence-corrected chi connectivity index (χ1v) is 9.16. The number of hydrogen-bond donors (Lipinski definition) is 0. The van der Waals surface area contributed by atoms with Crippen molar-refractivity contribution in [1.82, 2.24) is 4.90 Å². The lowest BCUT2D eigenvalue weighted by atomic mass is 10.2. The zero-order valence-electron chi connectivity index (χ0n) is 12.0. The van der Waals surface area contributed by atoms with Crippen LogP contribution in [0.15, 0.2) is 29.2 Å². The third-order valence-electron chi connectivity index (χ3n) is 3.26. The van der Waals surface area contributed by atoms with Crippen molar-refractivity contribution in [1.29, 1.82) is 0 Å². The van der Waals surface area contributed by atoms with Gasteiger partial charge in [0.15, 0.2) is 0 Å². The normalized spacial score (nSPS) is 18.8. The first-order chi connectivity index (χ1) is 9.76. The Hall–Kier alpha value is -0.650. The summed E-state index contributed by atoms with van der Waals surface area (Å²) < 4.78 is 5.35. The monoisotopic (exact) mass is 311 g/mol. The molecule has 5 heteroatoms. The standard InChI is InChI=1S/C15H21NO2S2/c1-3-18-10-4-9-16-14(17)11-20-15(16)12-5-7-13(19-2)8-6-12/h5-8,15H,3-4,9-11H2,1-2H3. The zero-order chi connectivity index (χ0) is 14.4. The molecule has 0 saturated carbocycles. The maximum Gasteiger partial charge on any atom is 0.233 e. The van der Waals surface area contributed by atoms with E-state index >= 15 is 0 Å². The van der Waals surface area contributed by atoms with Crippen LogP contribution in [-0.2, 0) is 9.53 Å². The maximum absolute atomic E-state index is 12.0. The predicted octanol–water partition coefficient (Wildman–Crippen LogP) is 3.41. The molecule has 2 rings (SSSR count). The lowest BCUT2D eigenvalue weighted by molar-refractivity contribution is -0.128. The largest absolute Gasteiger partial charge is 0.382 e. The highest BCUT2D eigenvalue weighted by atomic mass is 32.2. The summed E-state index contributed by atoms with van der Waals surface area (Å²) in [5.74, 6) is 0.828. The highest BCUT2D eigenvalue weighted by molar-refractivity contribution is 8.00. The molecule has 0 radical (unpaired) electrons. The Morgan fingerprint density at radius 1 is 1.40 bits per heavy atom. The van der Waals surface area contributed by atoms with E-state index in [1.807, 2.05) is 11.8 Å². The van der Waals surface area contributed by atoms with Crippen molar-refractivity contribution >= 4 is 29.4 Å². The van der Waals surface area contributed by atoms with Gasteiger partial charge in [-0.25, -0.2) is 0 Å². The number of amides is 1. The fourth-order valence-electron chi connectivity index (χ4n) is 2.22. The van der Waals surface area contributed by atoms with Crippen LogP contribution in [0.5, 0.6) is 0 Å². The third kappa shape index (κ3) is 3.93. The summed E-state index contributed by atoms with van der Waals surface area (Å²) in [5.41, 5.74) is 1.22. The Morgan fingerprint density at radius 2 is 2.15 bits per heavy atom. The van der Waals surface area contributed by atoms with Crippen LogP contribution < -0.4 is 0 Å². The average molecular weight is 311 g/mol. The van der Waals surface area contributed by atoms with Crippen molar-refractivity contribution in [3.8, 4) is 0 Å². The van der Waals surface area contributed by atoms with Crippen molar-refractivity contribution in [3.05, 3.63) is 29.8 Å². The summed E-state index contributed by atoms with van der Waals surface area (Å²) in [6.45, 7) is 4.24. The Kier molecular flexibility index (Phi) is 6.26. The second-order valence-electron chi connectivity index (χ2n) is 4.57. The van der Waals surface area contributed by atoms with Gasteiger partial charge in [-0.2, -0.15) is 0 Å². The summed E-state index contributed by atoms with van der Waals surface area (Å²) in [5, 5.41) is 0.167. The molecule has 3 nitrogen and oxygen atoms in total. The molecule has 1 saturated heterocycles. The fourth-order valence-corrected chi connectivity index (χ4v) is 3.85. The Balaban J connectivity index is 1.99. The minimum atomic E-state index is 0.167. The van der Waals surface area contributed by atoms with Crippen LogP contribution >= 0.6 is 23.5 Å². The molecule has 0 bridgehead atoms. The van der Waals surface area contributed by atoms with E-state index in [-0.39, 0.29) is 11.3 Å². The average Bonchev–Trinajstić information content (AvgIpc) is 2.85. The molecule has 0 aliphatic carbocycles. The molecule has 1 heterocycles. The maximum atomic E-state index is 12.0. The summed E-state index contributed by atoms with van der Waals surface area (Å²) in [6, 6.07) is 8.53. The second kappa shape index (κ2) is 7.96. The number of rotatable bonds is 7. The Bertz CT molecular complexity index is 436. The molecule has 1 unspecified atom stereocenters. The van der Waals surface area contributed by atoms with E-state index in [4.69, 9.17) is 4.74 Å². The van der Waals surface area contributed by atoms with E-state index in [9.17, 15) is 4.79 Å². The van der Waals surface area contributed by atoms with E-state index in [1.165, 1.54) is 10.5 Å². The number of nitrogens with zero attached hydrogens (tertiary/aromatic N) is 1. The Morgan fingerprint density at radius 3 is 2.80 bits per heavy atom. The van der Waals surface area contributed by atoms with Gasteiger partial charge >= 0.3 is 0 Å². The molecule has 1 aromatic carbocycles. The zero-order valence-corrected chi connectivity index (χ0v) is 13.6.